The van der Waals surface area contributed by atoms with Gasteiger partial charge in [-0.15, -0.1) is 0 Å². The van der Waals surface area contributed by atoms with Gasteiger partial charge in [0.2, 0.25) is 0 Å². The smallest absolute Gasteiger partial charge is 0.122 e. The van der Waals surface area contributed by atoms with E-state index in [1.165, 1.54) is 16.7 Å². The van der Waals surface area contributed by atoms with Crippen molar-refractivity contribution in [2.45, 2.75) is 33.1 Å². The molecule has 112 valence electrons. The number of methoxy groups -OCH3 is 1. The number of ether oxygens (including phenoxy) is 2. The van der Waals surface area contributed by atoms with Crippen molar-refractivity contribution in [1.29, 1.82) is 0 Å². The summed E-state index contributed by atoms with van der Waals surface area (Å²) in [7, 11) is 1.71. The molecule has 0 radical (unpaired) electrons. The lowest BCUT2D eigenvalue weighted by molar-refractivity contribution is 0.337. The monoisotopic (exact) mass is 284 g/mol. The molecule has 2 nitrogen and oxygen atoms in total. The molecule has 0 N–H and O–H groups in total. The molecule has 0 aromatic heterocycles. The molecule has 2 heteroatoms. The molecule has 2 aromatic rings. The fourth-order valence-corrected chi connectivity index (χ4v) is 2.58. The van der Waals surface area contributed by atoms with Gasteiger partial charge in [0.05, 0.1) is 13.7 Å². The van der Waals surface area contributed by atoms with Crippen LogP contribution in [0.4, 0.5) is 0 Å². The fraction of sp³-hybridized carbons (Fsp3) is 0.368. The molecule has 0 unspecified atom stereocenters. The molecule has 0 heterocycles. The Morgan fingerprint density at radius 3 is 2.43 bits per heavy atom. The lowest BCUT2D eigenvalue weighted by atomic mass is 9.92. The summed E-state index contributed by atoms with van der Waals surface area (Å²) in [6, 6.07) is 14.6. The first-order chi connectivity index (χ1) is 10.2. The Kier molecular flexibility index (Phi) is 5.26. The highest BCUT2D eigenvalue weighted by Gasteiger charge is 2.11. The second kappa shape index (κ2) is 7.16. The van der Waals surface area contributed by atoms with Crippen molar-refractivity contribution in [2.24, 2.45) is 0 Å². The van der Waals surface area contributed by atoms with Gasteiger partial charge >= 0.3 is 0 Å². The summed E-state index contributed by atoms with van der Waals surface area (Å²) in [5.41, 5.74) is 3.88. The average Bonchev–Trinajstić information content (AvgIpc) is 2.49. The quantitative estimate of drug-likeness (QED) is 0.758. The Morgan fingerprint density at radius 1 is 1.00 bits per heavy atom. The van der Waals surface area contributed by atoms with E-state index in [-0.39, 0.29) is 0 Å². The van der Waals surface area contributed by atoms with Crippen molar-refractivity contribution in [3.8, 4) is 11.5 Å². The highest BCUT2D eigenvalue weighted by atomic mass is 16.5. The van der Waals surface area contributed by atoms with Gasteiger partial charge in [0.15, 0.2) is 0 Å². The molecule has 0 spiro atoms. The number of hydrogen-bond acceptors (Lipinski definition) is 2. The van der Waals surface area contributed by atoms with E-state index in [0.717, 1.165) is 17.9 Å². The topological polar surface area (TPSA) is 18.5 Å². The third kappa shape index (κ3) is 3.78. The van der Waals surface area contributed by atoms with E-state index < -0.39 is 0 Å². The Bertz CT molecular complexity index is 588. The zero-order valence-electron chi connectivity index (χ0n) is 13.3. The first kappa shape index (κ1) is 15.4. The van der Waals surface area contributed by atoms with Crippen molar-refractivity contribution >= 4 is 0 Å². The summed E-state index contributed by atoms with van der Waals surface area (Å²) in [6.07, 6.45) is 0.862. The minimum atomic E-state index is 0.491. The zero-order chi connectivity index (χ0) is 15.2. The molecular formula is C19H24O2. The standard InChI is InChI=1S/C19H24O2/c1-5-21-19-9-7-6-8-15(19)12-16-13-17(20-4)10-11-18(16)14(2)3/h6-11,13-14H,5,12H2,1-4H3. The highest BCUT2D eigenvalue weighted by Crippen LogP contribution is 2.29. The van der Waals surface area contributed by atoms with Crippen LogP contribution in [0.5, 0.6) is 11.5 Å². The van der Waals surface area contributed by atoms with Crippen LogP contribution in [0.1, 0.15) is 43.4 Å². The number of rotatable bonds is 6. The molecule has 2 rings (SSSR count). The maximum atomic E-state index is 5.73. The fourth-order valence-electron chi connectivity index (χ4n) is 2.58. The number of hydrogen-bond donors (Lipinski definition) is 0. The molecule has 0 aliphatic rings. The van der Waals surface area contributed by atoms with Gasteiger partial charge in [-0.05, 0) is 47.7 Å². The molecule has 0 saturated heterocycles. The predicted molar refractivity (Wildman–Crippen MR) is 87.5 cm³/mol. The largest absolute Gasteiger partial charge is 0.497 e. The second-order valence-electron chi connectivity index (χ2n) is 5.44. The van der Waals surface area contributed by atoms with Crippen LogP contribution in [-0.2, 0) is 6.42 Å². The number of benzene rings is 2. The molecular weight excluding hydrogens is 260 g/mol. The van der Waals surface area contributed by atoms with Gasteiger partial charge < -0.3 is 9.47 Å². The van der Waals surface area contributed by atoms with Crippen molar-refractivity contribution in [2.75, 3.05) is 13.7 Å². The van der Waals surface area contributed by atoms with Crippen LogP contribution in [-0.4, -0.2) is 13.7 Å². The van der Waals surface area contributed by atoms with Gasteiger partial charge in [0.1, 0.15) is 11.5 Å². The first-order valence-electron chi connectivity index (χ1n) is 7.53. The van der Waals surface area contributed by atoms with Crippen molar-refractivity contribution in [1.82, 2.24) is 0 Å². The minimum absolute atomic E-state index is 0.491. The summed E-state index contributed by atoms with van der Waals surface area (Å²) >= 11 is 0. The molecule has 0 amide bonds. The third-order valence-corrected chi connectivity index (χ3v) is 3.63. The van der Waals surface area contributed by atoms with Crippen molar-refractivity contribution in [3.63, 3.8) is 0 Å². The predicted octanol–water partition coefficient (Wildman–Crippen LogP) is 4.81. The Morgan fingerprint density at radius 2 is 1.76 bits per heavy atom. The van der Waals surface area contributed by atoms with Crippen LogP contribution in [0.3, 0.4) is 0 Å². The van der Waals surface area contributed by atoms with E-state index in [1.54, 1.807) is 7.11 Å². The van der Waals surface area contributed by atoms with Crippen molar-refractivity contribution < 1.29 is 9.47 Å². The summed E-state index contributed by atoms with van der Waals surface area (Å²) in [6.45, 7) is 7.15. The van der Waals surface area contributed by atoms with E-state index >= 15 is 0 Å². The molecule has 21 heavy (non-hydrogen) atoms. The molecule has 0 fully saturated rings. The van der Waals surface area contributed by atoms with E-state index in [1.807, 2.05) is 25.1 Å². The van der Waals surface area contributed by atoms with Crippen LogP contribution in [0.25, 0.3) is 0 Å². The van der Waals surface area contributed by atoms with Gasteiger partial charge in [-0.25, -0.2) is 0 Å². The Labute approximate surface area is 127 Å². The summed E-state index contributed by atoms with van der Waals surface area (Å²) in [4.78, 5) is 0. The molecule has 0 atom stereocenters. The van der Waals surface area contributed by atoms with E-state index in [4.69, 9.17) is 9.47 Å². The lowest BCUT2D eigenvalue weighted by Crippen LogP contribution is -2.01. The second-order valence-corrected chi connectivity index (χ2v) is 5.44. The van der Waals surface area contributed by atoms with Crippen LogP contribution in [0, 0.1) is 0 Å². The molecule has 0 bridgehead atoms. The SMILES string of the molecule is CCOc1ccccc1Cc1cc(OC)ccc1C(C)C. The normalized spacial score (nSPS) is 10.7. The molecule has 0 saturated carbocycles. The van der Waals surface area contributed by atoms with Crippen LogP contribution >= 0.6 is 0 Å². The minimum Gasteiger partial charge on any atom is -0.497 e. The average molecular weight is 284 g/mol. The third-order valence-electron chi connectivity index (χ3n) is 3.63. The van der Waals surface area contributed by atoms with Crippen LogP contribution in [0.15, 0.2) is 42.5 Å². The summed E-state index contributed by atoms with van der Waals surface area (Å²) in [5, 5.41) is 0. The first-order valence-corrected chi connectivity index (χ1v) is 7.53. The van der Waals surface area contributed by atoms with Gasteiger partial charge in [-0.2, -0.15) is 0 Å². The maximum Gasteiger partial charge on any atom is 0.122 e. The lowest BCUT2D eigenvalue weighted by Gasteiger charge is -2.16. The van der Waals surface area contributed by atoms with Crippen molar-refractivity contribution in [3.05, 3.63) is 59.2 Å². The van der Waals surface area contributed by atoms with Crippen LogP contribution < -0.4 is 9.47 Å². The Hall–Kier alpha value is -1.96. The summed E-state index contributed by atoms with van der Waals surface area (Å²) in [5.74, 6) is 2.37. The number of para-hydroxylation sites is 1. The summed E-state index contributed by atoms with van der Waals surface area (Å²) < 4.78 is 11.1. The van der Waals surface area contributed by atoms with Gasteiger partial charge in [-0.3, -0.25) is 0 Å². The maximum absolute atomic E-state index is 5.73. The van der Waals surface area contributed by atoms with E-state index in [0.29, 0.717) is 12.5 Å². The zero-order valence-corrected chi connectivity index (χ0v) is 13.3. The van der Waals surface area contributed by atoms with Gasteiger partial charge in [-0.1, -0.05) is 38.1 Å². The Balaban J connectivity index is 2.38. The highest BCUT2D eigenvalue weighted by molar-refractivity contribution is 5.43. The van der Waals surface area contributed by atoms with Gasteiger partial charge in [0, 0.05) is 6.42 Å². The molecule has 0 aliphatic carbocycles. The van der Waals surface area contributed by atoms with E-state index in [9.17, 15) is 0 Å². The molecule has 0 aliphatic heterocycles. The molecule has 2 aromatic carbocycles. The van der Waals surface area contributed by atoms with Crippen LogP contribution in [0.2, 0.25) is 0 Å². The van der Waals surface area contributed by atoms with E-state index in [2.05, 4.69) is 38.1 Å². The van der Waals surface area contributed by atoms with Gasteiger partial charge in [0.25, 0.3) is 0 Å².